The molecule has 1 amide bonds. The minimum Gasteiger partial charge on any atom is -0.495 e. The van der Waals surface area contributed by atoms with Crippen LogP contribution >= 0.6 is 11.3 Å². The molecule has 42 heavy (non-hydrogen) atoms. The van der Waals surface area contributed by atoms with Crippen molar-refractivity contribution in [1.82, 2.24) is 4.98 Å². The molecule has 1 heterocycles. The van der Waals surface area contributed by atoms with Crippen molar-refractivity contribution in [2.24, 2.45) is 10.2 Å². The molecule has 0 saturated carbocycles. The van der Waals surface area contributed by atoms with Crippen molar-refractivity contribution < 1.29 is 69.8 Å². The Morgan fingerprint density at radius 3 is 2.33 bits per heavy atom. The molecule has 13 nitrogen and oxygen atoms in total. The molecule has 214 valence electrons. The van der Waals surface area contributed by atoms with Crippen molar-refractivity contribution in [3.8, 4) is 16.3 Å². The number of thiazole rings is 1. The molecule has 0 saturated heterocycles. The van der Waals surface area contributed by atoms with Gasteiger partial charge in [-0.1, -0.05) is 18.2 Å². The molecule has 0 bridgehead atoms. The van der Waals surface area contributed by atoms with Crippen LogP contribution in [0.15, 0.2) is 74.6 Å². The number of ether oxygens (including phenoxy) is 1. The third-order valence-electron chi connectivity index (χ3n) is 5.73. The maximum atomic E-state index is 12.8. The van der Waals surface area contributed by atoms with E-state index in [9.17, 15) is 35.5 Å². The molecule has 4 aromatic rings. The fraction of sp³-hybridized carbons (Fsp3) is 0.160. The van der Waals surface area contributed by atoms with E-state index in [2.05, 4.69) is 20.5 Å². The zero-order valence-corrected chi connectivity index (χ0v) is 27.0. The molecule has 0 aliphatic carbocycles. The summed E-state index contributed by atoms with van der Waals surface area (Å²) in [5, 5.41) is 10.2. The summed E-state index contributed by atoms with van der Waals surface area (Å²) in [5.74, 6) is -1.21. The average molecular weight is 642 g/mol. The van der Waals surface area contributed by atoms with Crippen LogP contribution in [-0.4, -0.2) is 55.8 Å². The van der Waals surface area contributed by atoms with Crippen LogP contribution in [0.2, 0.25) is 0 Å². The number of anilines is 1. The van der Waals surface area contributed by atoms with E-state index in [4.69, 9.17) is 4.74 Å². The Bertz CT molecular complexity index is 1940. The summed E-state index contributed by atoms with van der Waals surface area (Å²) >= 11 is 0.885. The van der Waals surface area contributed by atoms with Gasteiger partial charge in [0.15, 0.2) is 5.78 Å². The van der Waals surface area contributed by atoms with Crippen molar-refractivity contribution >= 4 is 64.9 Å². The first-order chi connectivity index (χ1) is 19.2. The number of nitrogens with one attached hydrogen (secondary N) is 1. The third-order valence-corrected chi connectivity index (χ3v) is 8.92. The van der Waals surface area contributed by atoms with E-state index in [1.165, 1.54) is 32.2 Å². The van der Waals surface area contributed by atoms with E-state index in [-0.39, 0.29) is 66.6 Å². The first-order valence-electron chi connectivity index (χ1n) is 11.6. The first kappa shape index (κ1) is 33.4. The van der Waals surface area contributed by atoms with Crippen LogP contribution in [0.5, 0.6) is 5.75 Å². The van der Waals surface area contributed by atoms with Gasteiger partial charge in [-0.25, -0.2) is 4.98 Å². The van der Waals surface area contributed by atoms with Gasteiger partial charge in [0.05, 0.1) is 23.0 Å². The number of para-hydroxylation sites is 2. The van der Waals surface area contributed by atoms with Crippen molar-refractivity contribution in [2.45, 2.75) is 29.7 Å². The van der Waals surface area contributed by atoms with E-state index >= 15 is 0 Å². The van der Waals surface area contributed by atoms with E-state index in [0.29, 0.717) is 11.3 Å². The zero-order chi connectivity index (χ0) is 30.1. The number of benzene rings is 3. The number of amides is 1. The largest absolute Gasteiger partial charge is 1.00 e. The number of hydrogen-bond acceptors (Lipinski definition) is 11. The van der Waals surface area contributed by atoms with E-state index in [1.807, 2.05) is 0 Å². The third kappa shape index (κ3) is 7.27. The van der Waals surface area contributed by atoms with Gasteiger partial charge in [0, 0.05) is 5.56 Å². The van der Waals surface area contributed by atoms with Gasteiger partial charge in [0.1, 0.15) is 26.2 Å². The number of azo groups is 1. The number of nitrogens with zero attached hydrogens (tertiary/aromatic N) is 3. The molecule has 4 rings (SSSR count). The molecular weight excluding hydrogens is 619 g/mol. The molecule has 0 fully saturated rings. The molecule has 0 aliphatic heterocycles. The van der Waals surface area contributed by atoms with E-state index < -0.39 is 42.9 Å². The van der Waals surface area contributed by atoms with Gasteiger partial charge in [-0.15, -0.1) is 11.3 Å². The molecule has 1 unspecified atom stereocenters. The molecule has 1 aromatic heterocycles. The Hall–Kier alpha value is -3.09. The van der Waals surface area contributed by atoms with Crippen LogP contribution in [0.25, 0.3) is 20.8 Å². The van der Waals surface area contributed by atoms with Gasteiger partial charge < -0.3 is 10.1 Å². The number of ketones is 1. The van der Waals surface area contributed by atoms with Gasteiger partial charge in [-0.3, -0.25) is 18.7 Å². The molecule has 3 aromatic carbocycles. The number of carbonyl (C=O) groups is 2. The summed E-state index contributed by atoms with van der Waals surface area (Å²) in [4.78, 5) is 28.3. The Kier molecular flexibility index (Phi) is 10.4. The predicted molar refractivity (Wildman–Crippen MR) is 150 cm³/mol. The average Bonchev–Trinajstić information content (AvgIpc) is 3.31. The Balaban J connectivity index is 0.00000484. The summed E-state index contributed by atoms with van der Waals surface area (Å²) in [7, 11) is -8.07. The van der Waals surface area contributed by atoms with Crippen LogP contribution in [0, 0.1) is 6.92 Å². The quantitative estimate of drug-likeness (QED) is 0.104. The number of rotatable bonds is 9. The van der Waals surface area contributed by atoms with Crippen LogP contribution in [-0.2, 0) is 29.8 Å². The van der Waals surface area contributed by atoms with E-state index in [1.54, 1.807) is 30.3 Å². The van der Waals surface area contributed by atoms with Gasteiger partial charge in [0.25, 0.3) is 26.1 Å². The maximum absolute atomic E-state index is 12.8. The second-order valence-corrected chi connectivity index (χ2v) is 12.4. The van der Waals surface area contributed by atoms with Crippen LogP contribution in [0.1, 0.15) is 12.5 Å². The van der Waals surface area contributed by atoms with E-state index in [0.717, 1.165) is 24.3 Å². The monoisotopic (exact) mass is 641 g/mol. The Morgan fingerprint density at radius 1 is 1.02 bits per heavy atom. The fourth-order valence-corrected chi connectivity index (χ4v) is 6.79. The second kappa shape index (κ2) is 13.0. The second-order valence-electron chi connectivity index (χ2n) is 8.63. The van der Waals surface area contributed by atoms with Crippen LogP contribution < -0.4 is 39.6 Å². The number of aryl methyl sites for hydroxylation is 1. The summed E-state index contributed by atoms with van der Waals surface area (Å²) < 4.78 is 73.2. The fourth-order valence-electron chi connectivity index (χ4n) is 3.83. The summed E-state index contributed by atoms with van der Waals surface area (Å²) in [6, 6.07) is 11.4. The maximum Gasteiger partial charge on any atom is 1.00 e. The standard InChI is InChI=1S/C25H22N4O9S3.Na/c1-13-8-10-18-22(23(13)41(35,36)37)39-25(27-18)15-9-11-17(20(12-15)40(32,33)34)28-29-21(14(2)30)24(31)26-16-6-4-5-7-19(16)38-3;/h4-12,21H,1-3H3,(H,26,31)(H,32,33,34)(H,35,36,37);/q;+1. The van der Waals surface area contributed by atoms with Crippen molar-refractivity contribution in [3.63, 3.8) is 0 Å². The molecular formula is C25H22N4NaO9S3+. The Labute approximate surface area is 266 Å². The number of Topliss-reactive ketones (excluding diaryl/α,β-unsaturated/α-hetero) is 1. The van der Waals surface area contributed by atoms with Crippen molar-refractivity contribution in [2.75, 3.05) is 12.4 Å². The molecule has 0 aliphatic rings. The molecule has 1 atom stereocenters. The smallest absolute Gasteiger partial charge is 0.495 e. The first-order valence-corrected chi connectivity index (χ1v) is 15.2. The minimum absolute atomic E-state index is 0. The summed E-state index contributed by atoms with van der Waals surface area (Å²) in [6.07, 6.45) is 0. The number of hydrogen-bond donors (Lipinski definition) is 3. The molecule has 17 heteroatoms. The minimum atomic E-state index is -4.89. The zero-order valence-electron chi connectivity index (χ0n) is 22.6. The predicted octanol–water partition coefficient (Wildman–Crippen LogP) is 1.46. The number of fused-ring (bicyclic) bond motifs is 1. The van der Waals surface area contributed by atoms with Crippen molar-refractivity contribution in [1.29, 1.82) is 0 Å². The molecule has 0 spiro atoms. The van der Waals surface area contributed by atoms with Gasteiger partial charge in [-0.2, -0.15) is 27.1 Å². The normalized spacial score (nSPS) is 12.6. The summed E-state index contributed by atoms with van der Waals surface area (Å²) in [6.45, 7) is 2.61. The van der Waals surface area contributed by atoms with Crippen LogP contribution in [0.4, 0.5) is 11.4 Å². The SMILES string of the molecule is COc1ccccc1NC(=O)C(N=Nc1ccc(-c2nc3ccc(C)c(S(=O)(=O)O)c3s2)cc1S(=O)(=O)O)C(C)=O.[Na+]. The van der Waals surface area contributed by atoms with Gasteiger partial charge >= 0.3 is 29.6 Å². The molecule has 3 N–H and O–H groups in total. The molecule has 0 radical (unpaired) electrons. The number of methoxy groups -OCH3 is 1. The van der Waals surface area contributed by atoms with Crippen LogP contribution in [0.3, 0.4) is 0 Å². The topological polar surface area (TPSA) is 202 Å². The summed E-state index contributed by atoms with van der Waals surface area (Å²) in [5.41, 5.74) is 0.606. The van der Waals surface area contributed by atoms with Gasteiger partial charge in [0.2, 0.25) is 6.04 Å². The van der Waals surface area contributed by atoms with Crippen molar-refractivity contribution in [3.05, 3.63) is 60.2 Å². The number of aromatic nitrogens is 1. The Morgan fingerprint density at radius 2 is 1.71 bits per heavy atom. The number of carbonyl (C=O) groups excluding carboxylic acids is 2. The van der Waals surface area contributed by atoms with Gasteiger partial charge in [-0.05, 0) is 55.8 Å².